The van der Waals surface area contributed by atoms with Gasteiger partial charge in [0.25, 0.3) is 5.91 Å². The summed E-state index contributed by atoms with van der Waals surface area (Å²) in [5.74, 6) is -2.19. The highest BCUT2D eigenvalue weighted by Crippen LogP contribution is 2.16. The van der Waals surface area contributed by atoms with Crippen LogP contribution in [0.3, 0.4) is 0 Å². The van der Waals surface area contributed by atoms with Crippen molar-refractivity contribution in [2.45, 2.75) is 17.5 Å². The first-order valence-electron chi connectivity index (χ1n) is 7.67. The first-order chi connectivity index (χ1) is 12.8. The molecular weight excluding hydrogens is 380 g/mol. The summed E-state index contributed by atoms with van der Waals surface area (Å²) in [5, 5.41) is 8.87. The molecule has 0 atom stereocenters. The van der Waals surface area contributed by atoms with Crippen LogP contribution in [0.2, 0.25) is 0 Å². The van der Waals surface area contributed by atoms with Crippen molar-refractivity contribution in [1.82, 2.24) is 15.5 Å². The number of carbonyl (C=O) groups excluding carboxylic acids is 1. The van der Waals surface area contributed by atoms with Crippen LogP contribution < -0.4 is 5.32 Å². The smallest absolute Gasteiger partial charge is 0.335 e. The Hall–Kier alpha value is -3.14. The molecule has 1 heterocycles. The fourth-order valence-electron chi connectivity index (χ4n) is 2.18. The normalized spacial score (nSPS) is 11.3. The zero-order valence-corrected chi connectivity index (χ0v) is 14.5. The zero-order chi connectivity index (χ0) is 19.4. The van der Waals surface area contributed by atoms with Crippen molar-refractivity contribution in [3.63, 3.8) is 0 Å². The number of sulfone groups is 1. The van der Waals surface area contributed by atoms with Crippen LogP contribution in [0.4, 0.5) is 8.78 Å². The van der Waals surface area contributed by atoms with Crippen molar-refractivity contribution in [3.05, 3.63) is 77.2 Å². The number of rotatable bonds is 6. The van der Waals surface area contributed by atoms with Gasteiger partial charge in [0.2, 0.25) is 15.7 Å². The van der Waals surface area contributed by atoms with Gasteiger partial charge in [-0.2, -0.15) is 0 Å². The van der Waals surface area contributed by atoms with Crippen molar-refractivity contribution in [1.29, 1.82) is 0 Å². The van der Waals surface area contributed by atoms with Gasteiger partial charge >= 0.3 is 5.22 Å². The number of nitrogens with one attached hydrogen (secondary N) is 1. The molecule has 0 aliphatic rings. The Morgan fingerprint density at radius 2 is 1.78 bits per heavy atom. The summed E-state index contributed by atoms with van der Waals surface area (Å²) in [5.41, 5.74) is 0.453. The van der Waals surface area contributed by atoms with E-state index in [1.54, 1.807) is 0 Å². The van der Waals surface area contributed by atoms with Crippen LogP contribution in [0.5, 0.6) is 0 Å². The Morgan fingerprint density at radius 1 is 1.04 bits per heavy atom. The number of halogens is 2. The number of nitrogens with zero attached hydrogens (tertiary/aromatic N) is 2. The molecule has 0 radical (unpaired) electrons. The Labute approximate surface area is 153 Å². The minimum absolute atomic E-state index is 0.0960. The van der Waals surface area contributed by atoms with Crippen LogP contribution in [0.1, 0.15) is 21.8 Å². The Bertz CT molecular complexity index is 1070. The first-order valence-corrected chi connectivity index (χ1v) is 9.32. The molecule has 10 heteroatoms. The summed E-state index contributed by atoms with van der Waals surface area (Å²) in [6.07, 6.45) is 0. The lowest BCUT2D eigenvalue weighted by Gasteiger charge is -2.02. The summed E-state index contributed by atoms with van der Waals surface area (Å²) >= 11 is 0. The molecule has 0 aliphatic heterocycles. The summed E-state index contributed by atoms with van der Waals surface area (Å²) in [6.45, 7) is -0.228. The van der Waals surface area contributed by atoms with Gasteiger partial charge in [-0.25, -0.2) is 17.2 Å². The van der Waals surface area contributed by atoms with E-state index in [-0.39, 0.29) is 18.0 Å². The molecular formula is C17H13F2N3O4S. The highest BCUT2D eigenvalue weighted by Gasteiger charge is 2.23. The van der Waals surface area contributed by atoms with Gasteiger partial charge in [0, 0.05) is 5.56 Å². The molecule has 0 unspecified atom stereocenters. The average molecular weight is 393 g/mol. The predicted octanol–water partition coefficient (Wildman–Crippen LogP) is 2.25. The summed E-state index contributed by atoms with van der Waals surface area (Å²) in [7, 11) is -3.93. The SMILES string of the molecule is O=C(NCc1nnc(S(=O)(=O)Cc2ccc(F)cc2)o1)c1cccc(F)c1. The van der Waals surface area contributed by atoms with Gasteiger partial charge in [-0.3, -0.25) is 4.79 Å². The molecule has 0 saturated heterocycles. The number of benzene rings is 2. The number of carbonyl (C=O) groups is 1. The van der Waals surface area contributed by atoms with Crippen molar-refractivity contribution < 1.29 is 26.4 Å². The zero-order valence-electron chi connectivity index (χ0n) is 13.7. The molecule has 27 heavy (non-hydrogen) atoms. The third kappa shape index (κ3) is 4.73. The number of hydrogen-bond donors (Lipinski definition) is 1. The van der Waals surface area contributed by atoms with E-state index in [1.807, 2.05) is 0 Å². The topological polar surface area (TPSA) is 102 Å². The Morgan fingerprint density at radius 3 is 2.48 bits per heavy atom. The Balaban J connectivity index is 1.65. The molecule has 7 nitrogen and oxygen atoms in total. The van der Waals surface area contributed by atoms with Gasteiger partial charge in [0.15, 0.2) is 0 Å². The standard InChI is InChI=1S/C17H13F2N3O4S/c18-13-6-4-11(5-7-13)10-27(24,25)17-22-21-15(26-17)9-20-16(23)12-2-1-3-14(19)8-12/h1-8H,9-10H2,(H,20,23). The second-order valence-electron chi connectivity index (χ2n) is 5.54. The number of aromatic nitrogens is 2. The van der Waals surface area contributed by atoms with E-state index in [0.717, 1.165) is 18.2 Å². The second-order valence-corrected chi connectivity index (χ2v) is 7.41. The van der Waals surface area contributed by atoms with E-state index in [0.29, 0.717) is 5.56 Å². The predicted molar refractivity (Wildman–Crippen MR) is 89.2 cm³/mol. The van der Waals surface area contributed by atoms with Gasteiger partial charge in [-0.15, -0.1) is 5.10 Å². The first kappa shape index (κ1) is 18.6. The lowest BCUT2D eigenvalue weighted by atomic mass is 10.2. The van der Waals surface area contributed by atoms with Crippen molar-refractivity contribution >= 4 is 15.7 Å². The van der Waals surface area contributed by atoms with Gasteiger partial charge in [0.05, 0.1) is 12.3 Å². The minimum atomic E-state index is -3.93. The maximum Gasteiger partial charge on any atom is 0.335 e. The van der Waals surface area contributed by atoms with E-state index < -0.39 is 38.4 Å². The molecule has 0 aliphatic carbocycles. The van der Waals surface area contributed by atoms with Crippen LogP contribution in [0.25, 0.3) is 0 Å². The maximum absolute atomic E-state index is 13.1. The molecule has 0 saturated carbocycles. The highest BCUT2D eigenvalue weighted by molar-refractivity contribution is 7.90. The van der Waals surface area contributed by atoms with Gasteiger partial charge in [-0.1, -0.05) is 23.3 Å². The molecule has 0 fully saturated rings. The van der Waals surface area contributed by atoms with E-state index >= 15 is 0 Å². The van der Waals surface area contributed by atoms with E-state index in [2.05, 4.69) is 15.5 Å². The van der Waals surface area contributed by atoms with Crippen LogP contribution in [-0.4, -0.2) is 24.5 Å². The fourth-order valence-corrected chi connectivity index (χ4v) is 3.33. The van der Waals surface area contributed by atoms with Crippen molar-refractivity contribution in [2.75, 3.05) is 0 Å². The van der Waals surface area contributed by atoms with Crippen LogP contribution in [-0.2, 0) is 22.1 Å². The monoisotopic (exact) mass is 393 g/mol. The van der Waals surface area contributed by atoms with Crippen LogP contribution in [0, 0.1) is 11.6 Å². The largest absolute Gasteiger partial charge is 0.411 e. The molecule has 2 aromatic carbocycles. The average Bonchev–Trinajstić information content (AvgIpc) is 3.11. The van der Waals surface area contributed by atoms with Crippen molar-refractivity contribution in [2.24, 2.45) is 0 Å². The highest BCUT2D eigenvalue weighted by atomic mass is 32.2. The number of hydrogen-bond acceptors (Lipinski definition) is 6. The lowest BCUT2D eigenvalue weighted by Crippen LogP contribution is -2.23. The molecule has 1 N–H and O–H groups in total. The summed E-state index contributed by atoms with van der Waals surface area (Å²) in [6, 6.07) is 10.0. The molecule has 0 spiro atoms. The maximum atomic E-state index is 13.1. The summed E-state index contributed by atoms with van der Waals surface area (Å²) < 4.78 is 55.7. The van der Waals surface area contributed by atoms with Gasteiger partial charge < -0.3 is 9.73 Å². The van der Waals surface area contributed by atoms with Gasteiger partial charge in [0.1, 0.15) is 11.6 Å². The van der Waals surface area contributed by atoms with Crippen molar-refractivity contribution in [3.8, 4) is 0 Å². The molecule has 3 rings (SSSR count). The lowest BCUT2D eigenvalue weighted by molar-refractivity contribution is 0.0946. The molecule has 140 valence electrons. The third-order valence-corrected chi connectivity index (χ3v) is 4.88. The second kappa shape index (κ2) is 7.62. The van der Waals surface area contributed by atoms with Crippen LogP contribution >= 0.6 is 0 Å². The summed E-state index contributed by atoms with van der Waals surface area (Å²) in [4.78, 5) is 11.9. The number of amides is 1. The quantitative estimate of drug-likeness (QED) is 0.689. The molecule has 1 amide bonds. The third-order valence-electron chi connectivity index (χ3n) is 3.47. The fraction of sp³-hybridized carbons (Fsp3) is 0.118. The van der Waals surface area contributed by atoms with E-state index in [9.17, 15) is 22.0 Å². The minimum Gasteiger partial charge on any atom is -0.411 e. The van der Waals surface area contributed by atoms with E-state index in [4.69, 9.17) is 4.42 Å². The molecule has 1 aromatic heterocycles. The van der Waals surface area contributed by atoms with Crippen LogP contribution in [0.15, 0.2) is 58.2 Å². The molecule has 0 bridgehead atoms. The van der Waals surface area contributed by atoms with Gasteiger partial charge in [-0.05, 0) is 35.9 Å². The molecule has 3 aromatic rings. The Kier molecular flexibility index (Phi) is 5.26. The van der Waals surface area contributed by atoms with E-state index in [1.165, 1.54) is 30.3 Å².